The number of rotatable bonds is 6. The normalized spacial score (nSPS) is 12.4. The first kappa shape index (κ1) is 25.7. The Labute approximate surface area is 234 Å². The summed E-state index contributed by atoms with van der Waals surface area (Å²) in [6.07, 6.45) is 8.83. The van der Waals surface area contributed by atoms with E-state index < -0.39 is 11.9 Å². The van der Waals surface area contributed by atoms with Gasteiger partial charge in [-0.05, 0) is 49.8 Å². The van der Waals surface area contributed by atoms with Gasteiger partial charge < -0.3 is 15.6 Å². The molecule has 0 aliphatic rings. The minimum absolute atomic E-state index is 0.0559. The van der Waals surface area contributed by atoms with Crippen LogP contribution in [0.5, 0.6) is 0 Å². The van der Waals surface area contributed by atoms with E-state index in [0.717, 1.165) is 17.1 Å². The number of amides is 1. The van der Waals surface area contributed by atoms with E-state index >= 15 is 0 Å². The van der Waals surface area contributed by atoms with Crippen LogP contribution < -0.4 is 16.6 Å². The van der Waals surface area contributed by atoms with Gasteiger partial charge >= 0.3 is 0 Å². The van der Waals surface area contributed by atoms with E-state index in [1.807, 2.05) is 73.2 Å². The number of fused-ring (bicyclic) bond motifs is 2. The zero-order valence-electron chi connectivity index (χ0n) is 22.7. The average Bonchev–Trinajstić information content (AvgIpc) is 3.49. The first-order chi connectivity index (χ1) is 19.8. The van der Waals surface area contributed by atoms with E-state index in [1.165, 1.54) is 9.08 Å². The first-order valence-corrected chi connectivity index (χ1v) is 13.0. The van der Waals surface area contributed by atoms with Gasteiger partial charge in [0.2, 0.25) is 0 Å². The van der Waals surface area contributed by atoms with Gasteiger partial charge in [-0.1, -0.05) is 36.4 Å². The number of aromatic nitrogens is 7. The summed E-state index contributed by atoms with van der Waals surface area (Å²) in [6, 6.07) is 15.8. The van der Waals surface area contributed by atoms with Gasteiger partial charge in [0.05, 0.1) is 34.5 Å². The molecule has 1 atom stereocenters. The summed E-state index contributed by atoms with van der Waals surface area (Å²) >= 11 is 0. The van der Waals surface area contributed by atoms with Gasteiger partial charge in [0.25, 0.3) is 11.5 Å². The van der Waals surface area contributed by atoms with Crippen molar-refractivity contribution in [2.45, 2.75) is 19.9 Å². The molecule has 11 heteroatoms. The lowest BCUT2D eigenvalue weighted by molar-refractivity contribution is 0.0940. The summed E-state index contributed by atoms with van der Waals surface area (Å²) in [4.78, 5) is 41.1. The van der Waals surface area contributed by atoms with Crippen molar-refractivity contribution < 1.29 is 4.79 Å². The predicted molar refractivity (Wildman–Crippen MR) is 157 cm³/mol. The molecule has 0 bridgehead atoms. The van der Waals surface area contributed by atoms with E-state index in [2.05, 4.69) is 20.4 Å². The molecule has 1 amide bonds. The van der Waals surface area contributed by atoms with Gasteiger partial charge in [-0.15, -0.1) is 5.10 Å². The standard InChI is InChI=1S/C30H27N9O2/c1-18(34-29(40)25-26(31)36-38-16-8-15-32-28(25)38)27-35-23-12-7-9-20(13-14-22-17-33-19(2)37(22)3)24(23)30(41)39(27)21-10-5-4-6-11-21/h4-18H,1-3H3,(H2,31,36)(H,34,40)/b14-13+/t18-/m0/s1. The number of hydrogen-bond donors (Lipinski definition) is 2. The Balaban J connectivity index is 1.47. The Morgan fingerprint density at radius 3 is 2.61 bits per heavy atom. The quantitative estimate of drug-likeness (QED) is 0.325. The molecule has 0 saturated carbocycles. The maximum Gasteiger partial charge on any atom is 0.266 e. The molecule has 204 valence electrons. The summed E-state index contributed by atoms with van der Waals surface area (Å²) in [5.41, 5.74) is 9.07. The number of nitrogens with zero attached hydrogens (tertiary/aromatic N) is 7. The van der Waals surface area contributed by atoms with E-state index in [-0.39, 0.29) is 16.9 Å². The predicted octanol–water partition coefficient (Wildman–Crippen LogP) is 3.71. The van der Waals surface area contributed by atoms with E-state index in [9.17, 15) is 9.59 Å². The molecule has 0 fully saturated rings. The van der Waals surface area contributed by atoms with E-state index in [1.54, 1.807) is 37.6 Å². The minimum atomic E-state index is -0.672. The van der Waals surface area contributed by atoms with Crippen LogP contribution >= 0.6 is 0 Å². The number of nitrogens with one attached hydrogen (secondary N) is 1. The average molecular weight is 546 g/mol. The number of carbonyl (C=O) groups is 1. The highest BCUT2D eigenvalue weighted by Crippen LogP contribution is 2.23. The Bertz CT molecular complexity index is 2020. The van der Waals surface area contributed by atoms with Crippen molar-refractivity contribution in [3.63, 3.8) is 0 Å². The molecule has 0 saturated heterocycles. The van der Waals surface area contributed by atoms with Crippen LogP contribution in [0.25, 0.3) is 34.4 Å². The van der Waals surface area contributed by atoms with E-state index in [4.69, 9.17) is 10.7 Å². The number of imidazole rings is 1. The van der Waals surface area contributed by atoms with Crippen LogP contribution in [-0.4, -0.2) is 39.6 Å². The second-order valence-electron chi connectivity index (χ2n) is 9.65. The smallest absolute Gasteiger partial charge is 0.266 e. The molecule has 0 spiro atoms. The molecular weight excluding hydrogens is 518 g/mol. The van der Waals surface area contributed by atoms with Crippen LogP contribution in [-0.2, 0) is 7.05 Å². The second-order valence-corrected chi connectivity index (χ2v) is 9.65. The molecule has 41 heavy (non-hydrogen) atoms. The fourth-order valence-corrected chi connectivity index (χ4v) is 4.83. The van der Waals surface area contributed by atoms with Crippen molar-refractivity contribution in [1.82, 2.24) is 39.0 Å². The molecule has 0 aliphatic heterocycles. The number of nitrogens with two attached hydrogens (primary N) is 1. The molecular formula is C30H27N9O2. The van der Waals surface area contributed by atoms with Crippen LogP contribution in [0, 0.1) is 6.92 Å². The number of carbonyl (C=O) groups excluding carboxylic acids is 1. The number of aryl methyl sites for hydroxylation is 1. The van der Waals surface area contributed by atoms with Gasteiger partial charge in [0.1, 0.15) is 17.2 Å². The monoisotopic (exact) mass is 545 g/mol. The maximum atomic E-state index is 14.2. The number of benzene rings is 2. The summed E-state index contributed by atoms with van der Waals surface area (Å²) in [5, 5.41) is 7.59. The van der Waals surface area contributed by atoms with Crippen molar-refractivity contribution in [2.75, 3.05) is 5.73 Å². The molecule has 4 heterocycles. The Morgan fingerprint density at radius 1 is 1.05 bits per heavy atom. The molecule has 0 unspecified atom stereocenters. The fourth-order valence-electron chi connectivity index (χ4n) is 4.83. The van der Waals surface area contributed by atoms with Crippen molar-refractivity contribution in [2.24, 2.45) is 7.05 Å². The molecule has 2 aromatic carbocycles. The summed E-state index contributed by atoms with van der Waals surface area (Å²) in [7, 11) is 1.94. The zero-order chi connectivity index (χ0) is 28.7. The lowest BCUT2D eigenvalue weighted by atomic mass is 10.1. The number of anilines is 1. The topological polar surface area (TPSA) is 138 Å². The largest absolute Gasteiger partial charge is 0.381 e. The number of para-hydroxylation sites is 1. The molecule has 4 aromatic heterocycles. The Hall–Kier alpha value is -5.58. The molecule has 0 aliphatic carbocycles. The van der Waals surface area contributed by atoms with Crippen LogP contribution in [0.3, 0.4) is 0 Å². The molecule has 3 N–H and O–H groups in total. The van der Waals surface area contributed by atoms with Crippen molar-refractivity contribution in [3.05, 3.63) is 112 Å². The van der Waals surface area contributed by atoms with Gasteiger partial charge in [-0.3, -0.25) is 14.2 Å². The lowest BCUT2D eigenvalue weighted by Gasteiger charge is -2.20. The van der Waals surface area contributed by atoms with Crippen LogP contribution in [0.2, 0.25) is 0 Å². The van der Waals surface area contributed by atoms with Gasteiger partial charge in [0, 0.05) is 19.4 Å². The highest BCUT2D eigenvalue weighted by atomic mass is 16.2. The van der Waals surface area contributed by atoms with Crippen molar-refractivity contribution in [1.29, 1.82) is 0 Å². The highest BCUT2D eigenvalue weighted by Gasteiger charge is 2.24. The lowest BCUT2D eigenvalue weighted by Crippen LogP contribution is -2.33. The Kier molecular flexibility index (Phi) is 6.38. The summed E-state index contributed by atoms with van der Waals surface area (Å²) in [5.74, 6) is 0.840. The molecule has 6 rings (SSSR count). The third kappa shape index (κ3) is 4.52. The molecule has 0 radical (unpaired) electrons. The Morgan fingerprint density at radius 2 is 1.85 bits per heavy atom. The second kappa shape index (κ2) is 10.2. The molecule has 11 nitrogen and oxygen atoms in total. The van der Waals surface area contributed by atoms with Crippen LogP contribution in [0.4, 0.5) is 5.82 Å². The van der Waals surface area contributed by atoms with E-state index in [0.29, 0.717) is 28.1 Å². The highest BCUT2D eigenvalue weighted by molar-refractivity contribution is 6.04. The van der Waals surface area contributed by atoms with Gasteiger partial charge in [-0.2, -0.15) is 0 Å². The van der Waals surface area contributed by atoms with Crippen LogP contribution in [0.15, 0.2) is 78.0 Å². The first-order valence-electron chi connectivity index (χ1n) is 13.0. The minimum Gasteiger partial charge on any atom is -0.381 e. The van der Waals surface area contributed by atoms with Crippen molar-refractivity contribution in [3.8, 4) is 5.69 Å². The number of hydrogen-bond acceptors (Lipinski definition) is 7. The zero-order valence-corrected chi connectivity index (χ0v) is 22.7. The number of nitrogen functional groups attached to an aromatic ring is 1. The van der Waals surface area contributed by atoms with Crippen LogP contribution in [0.1, 0.15) is 46.2 Å². The van der Waals surface area contributed by atoms with Gasteiger partial charge in [0.15, 0.2) is 11.5 Å². The third-order valence-electron chi connectivity index (χ3n) is 7.04. The SMILES string of the molecule is Cc1ncc(/C=C/c2cccc3nc([C@H](C)NC(=O)c4c(N)nn5cccnc45)n(-c4ccccc4)c(=O)c23)n1C. The molecule has 6 aromatic rings. The maximum absolute atomic E-state index is 14.2. The summed E-state index contributed by atoms with van der Waals surface area (Å²) < 4.78 is 4.96. The summed E-state index contributed by atoms with van der Waals surface area (Å²) in [6.45, 7) is 3.70. The third-order valence-corrected chi connectivity index (χ3v) is 7.04. The van der Waals surface area contributed by atoms with Gasteiger partial charge in [-0.25, -0.2) is 19.5 Å². The fraction of sp³-hybridized carbons (Fsp3) is 0.133. The van der Waals surface area contributed by atoms with Crippen molar-refractivity contribution >= 4 is 40.4 Å².